The number of nitrogens with zero attached hydrogens (tertiary/aromatic N) is 1. The van der Waals surface area contributed by atoms with Gasteiger partial charge in [-0.25, -0.2) is 0 Å². The molecular weight excluding hydrogens is 214 g/mol. The number of phenolic OH excluding ortho intramolecular Hbond substituents is 1. The van der Waals surface area contributed by atoms with Crippen LogP contribution in [0.25, 0.3) is 0 Å². The van der Waals surface area contributed by atoms with E-state index >= 15 is 0 Å². The fraction of sp³-hybridized carbons (Fsp3) is 0.571. The van der Waals surface area contributed by atoms with Gasteiger partial charge in [0, 0.05) is 26.3 Å². The van der Waals surface area contributed by atoms with Gasteiger partial charge in [0.15, 0.2) is 0 Å². The molecule has 0 atom stereocenters. The van der Waals surface area contributed by atoms with Crippen molar-refractivity contribution in [3.05, 3.63) is 29.8 Å². The number of rotatable bonds is 4. The SMILES string of the molecule is CN(Cc1cccc(O)c1)CC1CCOCC1. The molecule has 0 unspecified atom stereocenters. The fourth-order valence-electron chi connectivity index (χ4n) is 2.40. The molecule has 17 heavy (non-hydrogen) atoms. The summed E-state index contributed by atoms with van der Waals surface area (Å²) < 4.78 is 5.36. The Kier molecular flexibility index (Phi) is 4.40. The second-order valence-electron chi connectivity index (χ2n) is 4.92. The molecule has 0 aliphatic carbocycles. The molecule has 94 valence electrons. The molecule has 1 aromatic carbocycles. The zero-order valence-electron chi connectivity index (χ0n) is 10.4. The molecule has 0 amide bonds. The highest BCUT2D eigenvalue weighted by Gasteiger charge is 2.15. The van der Waals surface area contributed by atoms with Gasteiger partial charge >= 0.3 is 0 Å². The van der Waals surface area contributed by atoms with Crippen molar-refractivity contribution in [2.45, 2.75) is 19.4 Å². The maximum Gasteiger partial charge on any atom is 0.115 e. The smallest absolute Gasteiger partial charge is 0.115 e. The van der Waals surface area contributed by atoms with Gasteiger partial charge in [0.1, 0.15) is 5.75 Å². The minimum Gasteiger partial charge on any atom is -0.508 e. The van der Waals surface area contributed by atoms with Crippen LogP contribution in [0.5, 0.6) is 5.75 Å². The van der Waals surface area contributed by atoms with E-state index in [2.05, 4.69) is 18.0 Å². The standard InChI is InChI=1S/C14H21NO2/c1-15(10-12-5-7-17-8-6-12)11-13-3-2-4-14(16)9-13/h2-4,9,12,16H,5-8,10-11H2,1H3. The lowest BCUT2D eigenvalue weighted by Gasteiger charge is -2.27. The van der Waals surface area contributed by atoms with Crippen LogP contribution in [0.4, 0.5) is 0 Å². The van der Waals surface area contributed by atoms with Crippen molar-refractivity contribution in [2.75, 3.05) is 26.8 Å². The van der Waals surface area contributed by atoms with E-state index in [1.807, 2.05) is 12.1 Å². The lowest BCUT2D eigenvalue weighted by atomic mass is 10.00. The summed E-state index contributed by atoms with van der Waals surface area (Å²) >= 11 is 0. The molecule has 1 N–H and O–H groups in total. The van der Waals surface area contributed by atoms with Crippen molar-refractivity contribution in [3.63, 3.8) is 0 Å². The van der Waals surface area contributed by atoms with Crippen LogP contribution in [0.15, 0.2) is 24.3 Å². The zero-order valence-corrected chi connectivity index (χ0v) is 10.4. The maximum absolute atomic E-state index is 9.41. The quantitative estimate of drug-likeness (QED) is 0.869. The number of hydrogen-bond acceptors (Lipinski definition) is 3. The Morgan fingerprint density at radius 1 is 1.35 bits per heavy atom. The number of aromatic hydroxyl groups is 1. The van der Waals surface area contributed by atoms with Crippen molar-refractivity contribution in [2.24, 2.45) is 5.92 Å². The van der Waals surface area contributed by atoms with Crippen LogP contribution in [0.3, 0.4) is 0 Å². The molecule has 1 aliphatic heterocycles. The third kappa shape index (κ3) is 4.02. The highest BCUT2D eigenvalue weighted by molar-refractivity contribution is 5.26. The number of benzene rings is 1. The molecule has 1 saturated heterocycles. The van der Waals surface area contributed by atoms with E-state index in [0.29, 0.717) is 5.75 Å². The first-order valence-corrected chi connectivity index (χ1v) is 6.28. The minimum absolute atomic E-state index is 0.349. The predicted molar refractivity (Wildman–Crippen MR) is 68.0 cm³/mol. The first-order chi connectivity index (χ1) is 8.24. The van der Waals surface area contributed by atoms with Gasteiger partial charge in [-0.2, -0.15) is 0 Å². The molecule has 1 aromatic rings. The Morgan fingerprint density at radius 3 is 2.82 bits per heavy atom. The third-order valence-electron chi connectivity index (χ3n) is 3.27. The van der Waals surface area contributed by atoms with Crippen molar-refractivity contribution < 1.29 is 9.84 Å². The third-order valence-corrected chi connectivity index (χ3v) is 3.27. The Balaban J connectivity index is 1.82. The second-order valence-corrected chi connectivity index (χ2v) is 4.92. The Hall–Kier alpha value is -1.06. The molecule has 0 bridgehead atoms. The largest absolute Gasteiger partial charge is 0.508 e. The average molecular weight is 235 g/mol. The van der Waals surface area contributed by atoms with E-state index in [-0.39, 0.29) is 0 Å². The molecule has 1 aliphatic rings. The van der Waals surface area contributed by atoms with Crippen LogP contribution in [0, 0.1) is 5.92 Å². The molecular formula is C14H21NO2. The number of ether oxygens (including phenoxy) is 1. The highest BCUT2D eigenvalue weighted by Crippen LogP contribution is 2.17. The summed E-state index contributed by atoms with van der Waals surface area (Å²) in [5, 5.41) is 9.41. The Morgan fingerprint density at radius 2 is 2.12 bits per heavy atom. The number of phenols is 1. The van der Waals surface area contributed by atoms with E-state index in [4.69, 9.17) is 4.74 Å². The lowest BCUT2D eigenvalue weighted by molar-refractivity contribution is 0.0549. The molecule has 3 nitrogen and oxygen atoms in total. The summed E-state index contributed by atoms with van der Waals surface area (Å²) in [7, 11) is 2.14. The van der Waals surface area contributed by atoms with Crippen LogP contribution < -0.4 is 0 Å². The van der Waals surface area contributed by atoms with Gasteiger partial charge in [-0.1, -0.05) is 12.1 Å². The van der Waals surface area contributed by atoms with Crippen LogP contribution in [-0.4, -0.2) is 36.8 Å². The molecule has 0 spiro atoms. The van der Waals surface area contributed by atoms with Crippen LogP contribution in [-0.2, 0) is 11.3 Å². The van der Waals surface area contributed by atoms with Crippen LogP contribution in [0.1, 0.15) is 18.4 Å². The highest BCUT2D eigenvalue weighted by atomic mass is 16.5. The van der Waals surface area contributed by atoms with Gasteiger partial charge in [0.2, 0.25) is 0 Å². The first-order valence-electron chi connectivity index (χ1n) is 6.28. The van der Waals surface area contributed by atoms with Gasteiger partial charge in [-0.15, -0.1) is 0 Å². The van der Waals surface area contributed by atoms with Crippen LogP contribution >= 0.6 is 0 Å². The van der Waals surface area contributed by atoms with Crippen molar-refractivity contribution >= 4 is 0 Å². The monoisotopic (exact) mass is 235 g/mol. The normalized spacial score (nSPS) is 17.5. The van der Waals surface area contributed by atoms with E-state index < -0.39 is 0 Å². The molecule has 0 radical (unpaired) electrons. The maximum atomic E-state index is 9.41. The average Bonchev–Trinajstić information content (AvgIpc) is 2.30. The zero-order chi connectivity index (χ0) is 12.1. The molecule has 2 rings (SSSR count). The summed E-state index contributed by atoms with van der Waals surface area (Å²) in [6.07, 6.45) is 2.34. The molecule has 3 heteroatoms. The van der Waals surface area contributed by atoms with Crippen molar-refractivity contribution in [1.29, 1.82) is 0 Å². The Labute approximate surface area is 103 Å². The first kappa shape index (κ1) is 12.4. The van der Waals surface area contributed by atoms with Gasteiger partial charge < -0.3 is 14.7 Å². The summed E-state index contributed by atoms with van der Waals surface area (Å²) in [5.74, 6) is 1.10. The summed E-state index contributed by atoms with van der Waals surface area (Å²) in [6, 6.07) is 7.50. The van der Waals surface area contributed by atoms with Gasteiger partial charge in [-0.3, -0.25) is 0 Å². The van der Waals surface area contributed by atoms with E-state index in [1.165, 1.54) is 18.4 Å². The molecule has 0 aromatic heterocycles. The van der Waals surface area contributed by atoms with E-state index in [0.717, 1.165) is 32.2 Å². The molecule has 1 fully saturated rings. The van der Waals surface area contributed by atoms with E-state index in [9.17, 15) is 5.11 Å². The lowest BCUT2D eigenvalue weighted by Crippen LogP contribution is -2.29. The van der Waals surface area contributed by atoms with E-state index in [1.54, 1.807) is 6.07 Å². The van der Waals surface area contributed by atoms with Crippen molar-refractivity contribution in [3.8, 4) is 5.75 Å². The summed E-state index contributed by atoms with van der Waals surface area (Å²) in [6.45, 7) is 3.82. The predicted octanol–water partition coefficient (Wildman–Crippen LogP) is 2.25. The summed E-state index contributed by atoms with van der Waals surface area (Å²) in [5.41, 5.74) is 1.17. The second kappa shape index (κ2) is 6.03. The van der Waals surface area contributed by atoms with Gasteiger partial charge in [0.25, 0.3) is 0 Å². The fourth-order valence-corrected chi connectivity index (χ4v) is 2.40. The molecule has 1 heterocycles. The van der Waals surface area contributed by atoms with Gasteiger partial charge in [-0.05, 0) is 43.5 Å². The van der Waals surface area contributed by atoms with Gasteiger partial charge in [0.05, 0.1) is 0 Å². The molecule has 0 saturated carbocycles. The summed E-state index contributed by atoms with van der Waals surface area (Å²) in [4.78, 5) is 2.32. The topological polar surface area (TPSA) is 32.7 Å². The number of hydrogen-bond donors (Lipinski definition) is 1. The minimum atomic E-state index is 0.349. The van der Waals surface area contributed by atoms with Crippen molar-refractivity contribution in [1.82, 2.24) is 4.90 Å². The van der Waals surface area contributed by atoms with Crippen LogP contribution in [0.2, 0.25) is 0 Å². The Bertz CT molecular complexity index is 348.